The predicted octanol–water partition coefficient (Wildman–Crippen LogP) is 5.48. The molecule has 2 fully saturated rings. The third-order valence-electron chi connectivity index (χ3n) is 6.20. The summed E-state index contributed by atoms with van der Waals surface area (Å²) in [6.07, 6.45) is 11.7. The van der Waals surface area contributed by atoms with Crippen LogP contribution in [-0.4, -0.2) is 14.7 Å². The minimum absolute atomic E-state index is 0.0173. The number of rotatable bonds is 4. The van der Waals surface area contributed by atoms with Gasteiger partial charge in [0.15, 0.2) is 5.11 Å². The van der Waals surface area contributed by atoms with Gasteiger partial charge in [-0.15, -0.1) is 0 Å². The Morgan fingerprint density at radius 1 is 1.07 bits per heavy atom. The molecule has 2 aromatic heterocycles. The Bertz CT molecular complexity index is 1010. The van der Waals surface area contributed by atoms with Gasteiger partial charge in [0.2, 0.25) is 0 Å². The lowest BCUT2D eigenvalue weighted by Crippen LogP contribution is -2.29. The van der Waals surface area contributed by atoms with E-state index in [-0.39, 0.29) is 12.1 Å². The van der Waals surface area contributed by atoms with Crippen LogP contribution in [0.15, 0.2) is 67.1 Å². The maximum Gasteiger partial charge on any atom is 0.174 e. The van der Waals surface area contributed by atoms with Crippen LogP contribution in [0.2, 0.25) is 0 Å². The van der Waals surface area contributed by atoms with Crippen LogP contribution in [0, 0.1) is 6.92 Å². The fourth-order valence-electron chi connectivity index (χ4n) is 4.78. The lowest BCUT2D eigenvalue weighted by Gasteiger charge is -2.27. The van der Waals surface area contributed by atoms with E-state index in [1.807, 2.05) is 18.3 Å². The van der Waals surface area contributed by atoms with E-state index >= 15 is 0 Å². The summed E-state index contributed by atoms with van der Waals surface area (Å²) in [7, 11) is 0. The van der Waals surface area contributed by atoms with Gasteiger partial charge in [0, 0.05) is 30.3 Å². The lowest BCUT2D eigenvalue weighted by molar-refractivity contribution is 0.515. The van der Waals surface area contributed by atoms with Crippen molar-refractivity contribution in [1.29, 1.82) is 0 Å². The summed E-state index contributed by atoms with van der Waals surface area (Å²) in [4.78, 5) is 6.91. The Balaban J connectivity index is 1.58. The quantitative estimate of drug-likeness (QED) is 0.586. The lowest BCUT2D eigenvalue weighted by atomic mass is 9.98. The van der Waals surface area contributed by atoms with Gasteiger partial charge in [0.1, 0.15) is 0 Å². The number of nitrogens with one attached hydrogen (secondary N) is 1. The van der Waals surface area contributed by atoms with Crippen LogP contribution in [0.25, 0.3) is 0 Å². The molecule has 0 amide bonds. The Kier molecular flexibility index (Phi) is 4.84. The molecule has 1 saturated heterocycles. The molecule has 29 heavy (non-hydrogen) atoms. The first-order valence-electron chi connectivity index (χ1n) is 10.5. The van der Waals surface area contributed by atoms with E-state index < -0.39 is 0 Å². The van der Waals surface area contributed by atoms with Crippen LogP contribution < -0.4 is 10.2 Å². The summed E-state index contributed by atoms with van der Waals surface area (Å²) in [5.74, 6) is 0. The van der Waals surface area contributed by atoms with E-state index in [9.17, 15) is 0 Å². The molecular formula is C24H26N4S. The molecule has 3 aromatic rings. The molecule has 5 heteroatoms. The van der Waals surface area contributed by atoms with E-state index in [4.69, 9.17) is 12.2 Å². The molecule has 5 rings (SSSR count). The number of hydrogen-bond donors (Lipinski definition) is 1. The van der Waals surface area contributed by atoms with Crippen molar-refractivity contribution in [2.75, 3.05) is 4.90 Å². The second-order valence-electron chi connectivity index (χ2n) is 8.17. The predicted molar refractivity (Wildman–Crippen MR) is 121 cm³/mol. The summed E-state index contributed by atoms with van der Waals surface area (Å²) >= 11 is 5.81. The average molecular weight is 403 g/mol. The van der Waals surface area contributed by atoms with Crippen molar-refractivity contribution in [2.45, 2.75) is 50.7 Å². The maximum absolute atomic E-state index is 5.81. The van der Waals surface area contributed by atoms with E-state index in [2.05, 4.69) is 75.5 Å². The van der Waals surface area contributed by atoms with Gasteiger partial charge in [0.05, 0.1) is 17.8 Å². The van der Waals surface area contributed by atoms with Crippen molar-refractivity contribution < 1.29 is 0 Å². The molecule has 1 saturated carbocycles. The van der Waals surface area contributed by atoms with Gasteiger partial charge in [0.25, 0.3) is 0 Å². The number of pyridine rings is 1. The number of hydrogen-bond acceptors (Lipinski definition) is 2. The van der Waals surface area contributed by atoms with Gasteiger partial charge in [-0.05, 0) is 73.4 Å². The minimum Gasteiger partial charge on any atom is -0.351 e. The number of nitrogens with zero attached hydrogens (tertiary/aromatic N) is 3. The van der Waals surface area contributed by atoms with E-state index in [0.29, 0.717) is 6.04 Å². The molecule has 4 nitrogen and oxygen atoms in total. The first kappa shape index (κ1) is 18.4. The van der Waals surface area contributed by atoms with E-state index in [0.717, 1.165) is 16.5 Å². The van der Waals surface area contributed by atoms with E-state index in [1.54, 1.807) is 0 Å². The van der Waals surface area contributed by atoms with Crippen LogP contribution >= 0.6 is 12.2 Å². The molecule has 0 spiro atoms. The van der Waals surface area contributed by atoms with Gasteiger partial charge >= 0.3 is 0 Å². The van der Waals surface area contributed by atoms with Gasteiger partial charge in [-0.25, -0.2) is 0 Å². The Labute approximate surface area is 177 Å². The normalized spacial score (nSPS) is 22.2. The molecule has 1 aromatic carbocycles. The third kappa shape index (κ3) is 3.44. The fraction of sp³-hybridized carbons (Fsp3) is 0.333. The zero-order chi connectivity index (χ0) is 19.8. The summed E-state index contributed by atoms with van der Waals surface area (Å²) in [6, 6.07) is 17.6. The largest absolute Gasteiger partial charge is 0.351 e. The Morgan fingerprint density at radius 3 is 2.69 bits per heavy atom. The van der Waals surface area contributed by atoms with Crippen molar-refractivity contribution in [2.24, 2.45) is 0 Å². The molecule has 0 bridgehead atoms. The van der Waals surface area contributed by atoms with Crippen molar-refractivity contribution in [3.8, 4) is 0 Å². The highest BCUT2D eigenvalue weighted by Crippen LogP contribution is 2.42. The van der Waals surface area contributed by atoms with Crippen molar-refractivity contribution in [3.63, 3.8) is 0 Å². The fourth-order valence-corrected chi connectivity index (χ4v) is 5.13. The van der Waals surface area contributed by atoms with Crippen LogP contribution in [0.4, 0.5) is 5.69 Å². The zero-order valence-corrected chi connectivity index (χ0v) is 17.5. The highest BCUT2D eigenvalue weighted by molar-refractivity contribution is 7.80. The van der Waals surface area contributed by atoms with Crippen LogP contribution in [-0.2, 0) is 0 Å². The zero-order valence-electron chi connectivity index (χ0n) is 16.7. The summed E-state index contributed by atoms with van der Waals surface area (Å²) in [5, 5.41) is 4.31. The standard InChI is InChI=1S/C24H26N4S/c1-17-7-6-10-20(15-17)28-23(18-12-14-27(16-18)19-8-2-3-9-19)22(26-24(28)29)21-11-4-5-13-25-21/h4-7,10-16,19,22-23H,2-3,8-9H2,1H3,(H,26,29). The van der Waals surface area contributed by atoms with Crippen LogP contribution in [0.3, 0.4) is 0 Å². The monoisotopic (exact) mass is 402 g/mol. The molecule has 0 radical (unpaired) electrons. The number of aromatic nitrogens is 2. The molecule has 148 valence electrons. The van der Waals surface area contributed by atoms with Gasteiger partial charge in [-0.3, -0.25) is 4.98 Å². The van der Waals surface area contributed by atoms with Crippen LogP contribution in [0.5, 0.6) is 0 Å². The second kappa shape index (κ2) is 7.64. The Hall–Kier alpha value is -2.66. The smallest absolute Gasteiger partial charge is 0.174 e. The SMILES string of the molecule is Cc1cccc(N2C(=S)NC(c3ccccn3)C2c2ccn(C3CCCC3)c2)c1. The van der Waals surface area contributed by atoms with Crippen molar-refractivity contribution in [1.82, 2.24) is 14.9 Å². The number of benzene rings is 1. The summed E-state index contributed by atoms with van der Waals surface area (Å²) < 4.78 is 2.41. The molecule has 1 N–H and O–H groups in total. The molecule has 1 aliphatic carbocycles. The summed E-state index contributed by atoms with van der Waals surface area (Å²) in [5.41, 5.74) is 4.65. The second-order valence-corrected chi connectivity index (χ2v) is 8.55. The molecule has 3 heterocycles. The maximum atomic E-state index is 5.81. The number of aryl methyl sites for hydroxylation is 1. The first-order valence-corrected chi connectivity index (χ1v) is 10.9. The first-order chi connectivity index (χ1) is 14.2. The Morgan fingerprint density at radius 2 is 1.93 bits per heavy atom. The molecule has 1 aliphatic heterocycles. The van der Waals surface area contributed by atoms with Crippen molar-refractivity contribution in [3.05, 3.63) is 83.9 Å². The summed E-state index contributed by atoms with van der Waals surface area (Å²) in [6.45, 7) is 2.12. The molecule has 2 unspecified atom stereocenters. The highest BCUT2D eigenvalue weighted by Gasteiger charge is 2.41. The molecular weight excluding hydrogens is 376 g/mol. The topological polar surface area (TPSA) is 33.1 Å². The molecule has 2 atom stereocenters. The van der Waals surface area contributed by atoms with Gasteiger partial charge in [-0.1, -0.05) is 31.0 Å². The highest BCUT2D eigenvalue weighted by atomic mass is 32.1. The number of thiocarbonyl (C=S) groups is 1. The number of anilines is 1. The van der Waals surface area contributed by atoms with Gasteiger partial charge < -0.3 is 14.8 Å². The molecule has 2 aliphatic rings. The van der Waals surface area contributed by atoms with Crippen LogP contribution in [0.1, 0.15) is 60.6 Å². The van der Waals surface area contributed by atoms with Crippen molar-refractivity contribution >= 4 is 23.0 Å². The van der Waals surface area contributed by atoms with E-state index in [1.165, 1.54) is 36.8 Å². The third-order valence-corrected chi connectivity index (χ3v) is 6.52. The average Bonchev–Trinajstić information content (AvgIpc) is 3.48. The van der Waals surface area contributed by atoms with Gasteiger partial charge in [-0.2, -0.15) is 0 Å². The minimum atomic E-state index is 0.0173.